The molecule has 1 aliphatic rings. The van der Waals surface area contributed by atoms with Gasteiger partial charge in [-0.1, -0.05) is 42.8 Å². The fraction of sp³-hybridized carbons (Fsp3) is 0.316. The van der Waals surface area contributed by atoms with Crippen LogP contribution in [0.25, 0.3) is 0 Å². The van der Waals surface area contributed by atoms with E-state index in [2.05, 4.69) is 5.32 Å². The number of hydrogen-bond acceptors (Lipinski definition) is 4. The van der Waals surface area contributed by atoms with Gasteiger partial charge in [-0.3, -0.25) is 4.79 Å². The van der Waals surface area contributed by atoms with Gasteiger partial charge in [-0.2, -0.15) is 4.31 Å². The van der Waals surface area contributed by atoms with Crippen LogP contribution >= 0.6 is 24.0 Å². The van der Waals surface area contributed by atoms with Gasteiger partial charge in [0.15, 0.2) is 5.78 Å². The monoisotopic (exact) mass is 428 g/mol. The predicted molar refractivity (Wildman–Crippen MR) is 109 cm³/mol. The lowest BCUT2D eigenvalue weighted by molar-refractivity contribution is 0.0988. The summed E-state index contributed by atoms with van der Waals surface area (Å²) in [7, 11) is -3.74. The molecule has 1 N–H and O–H groups in total. The summed E-state index contributed by atoms with van der Waals surface area (Å²) >= 11 is 6.09. The normalized spacial score (nSPS) is 17.9. The van der Waals surface area contributed by atoms with Gasteiger partial charge in [-0.05, 0) is 29.8 Å². The molecule has 0 amide bonds. The SMILES string of the molecule is CCC(=O)c1cccc(S(=O)(=O)N2CCNCC2c2cccc(Cl)c2)c1.Cl. The Balaban J connectivity index is 0.00000261. The van der Waals surface area contributed by atoms with E-state index in [9.17, 15) is 13.2 Å². The molecule has 1 atom stereocenters. The molecular weight excluding hydrogens is 407 g/mol. The molecule has 0 bridgehead atoms. The van der Waals surface area contributed by atoms with Crippen molar-refractivity contribution >= 4 is 39.8 Å². The molecular formula is C19H22Cl2N2O3S. The molecule has 0 aliphatic carbocycles. The summed E-state index contributed by atoms with van der Waals surface area (Å²) < 4.78 is 28.0. The van der Waals surface area contributed by atoms with Crippen molar-refractivity contribution in [2.75, 3.05) is 19.6 Å². The number of carbonyl (C=O) groups excluding carboxylic acids is 1. The fourth-order valence-electron chi connectivity index (χ4n) is 3.14. The van der Waals surface area contributed by atoms with Crippen LogP contribution in [0.15, 0.2) is 53.4 Å². The summed E-state index contributed by atoms with van der Waals surface area (Å²) in [6, 6.07) is 13.2. The molecule has 2 aromatic rings. The van der Waals surface area contributed by atoms with E-state index in [0.717, 1.165) is 5.56 Å². The van der Waals surface area contributed by atoms with E-state index < -0.39 is 10.0 Å². The first-order valence-electron chi connectivity index (χ1n) is 8.54. The molecule has 1 unspecified atom stereocenters. The van der Waals surface area contributed by atoms with Crippen LogP contribution in [-0.4, -0.2) is 38.1 Å². The number of rotatable bonds is 5. The average molecular weight is 429 g/mol. The first kappa shape index (κ1) is 21.9. The molecule has 146 valence electrons. The highest BCUT2D eigenvalue weighted by Crippen LogP contribution is 2.30. The van der Waals surface area contributed by atoms with Crippen LogP contribution in [0.2, 0.25) is 5.02 Å². The highest BCUT2D eigenvalue weighted by atomic mass is 35.5. The Morgan fingerprint density at radius 3 is 2.67 bits per heavy atom. The van der Waals surface area contributed by atoms with Crippen molar-refractivity contribution in [1.82, 2.24) is 9.62 Å². The topological polar surface area (TPSA) is 66.5 Å². The van der Waals surface area contributed by atoms with E-state index in [1.165, 1.54) is 10.4 Å². The summed E-state index contributed by atoms with van der Waals surface area (Å²) in [5.41, 5.74) is 1.26. The standard InChI is InChI=1S/C19H21ClN2O3S.ClH/c1-2-19(23)15-6-4-8-17(12-15)26(24,25)22-10-9-21-13-18(22)14-5-3-7-16(20)11-14;/h3-8,11-12,18,21H,2,9-10,13H2,1H3;1H. The van der Waals surface area contributed by atoms with E-state index in [1.807, 2.05) is 12.1 Å². The molecule has 1 heterocycles. The van der Waals surface area contributed by atoms with Crippen molar-refractivity contribution < 1.29 is 13.2 Å². The summed E-state index contributed by atoms with van der Waals surface area (Å²) in [5.74, 6) is -0.0752. The third-order valence-corrected chi connectivity index (χ3v) is 6.65. The Hall–Kier alpha value is -1.44. The minimum absolute atomic E-state index is 0. The van der Waals surface area contributed by atoms with Crippen LogP contribution in [0.3, 0.4) is 0 Å². The lowest BCUT2D eigenvalue weighted by Gasteiger charge is -2.35. The zero-order valence-electron chi connectivity index (χ0n) is 14.9. The molecule has 5 nitrogen and oxygen atoms in total. The van der Waals surface area contributed by atoms with E-state index in [0.29, 0.717) is 36.6 Å². The zero-order valence-corrected chi connectivity index (χ0v) is 17.3. The highest BCUT2D eigenvalue weighted by molar-refractivity contribution is 7.89. The fourth-order valence-corrected chi connectivity index (χ4v) is 5.00. The molecule has 27 heavy (non-hydrogen) atoms. The number of sulfonamides is 1. The van der Waals surface area contributed by atoms with Gasteiger partial charge in [0.25, 0.3) is 0 Å². The van der Waals surface area contributed by atoms with Crippen molar-refractivity contribution in [1.29, 1.82) is 0 Å². The molecule has 0 aromatic heterocycles. The van der Waals surface area contributed by atoms with Gasteiger partial charge in [0.05, 0.1) is 10.9 Å². The number of hydrogen-bond donors (Lipinski definition) is 1. The maximum absolute atomic E-state index is 13.3. The van der Waals surface area contributed by atoms with Gasteiger partial charge in [-0.15, -0.1) is 12.4 Å². The molecule has 1 aliphatic heterocycles. The quantitative estimate of drug-likeness (QED) is 0.737. The molecule has 0 radical (unpaired) electrons. The summed E-state index contributed by atoms with van der Waals surface area (Å²) in [6.07, 6.45) is 0.336. The largest absolute Gasteiger partial charge is 0.313 e. The number of nitrogens with one attached hydrogen (secondary N) is 1. The zero-order chi connectivity index (χ0) is 18.7. The highest BCUT2D eigenvalue weighted by Gasteiger charge is 2.34. The number of carbonyl (C=O) groups is 1. The number of ketones is 1. The first-order valence-corrected chi connectivity index (χ1v) is 10.4. The second-order valence-corrected chi connectivity index (χ2v) is 8.52. The molecule has 1 saturated heterocycles. The Labute approximate surface area is 171 Å². The predicted octanol–water partition coefficient (Wildman–Crippen LogP) is 3.69. The Bertz CT molecular complexity index is 919. The lowest BCUT2D eigenvalue weighted by Crippen LogP contribution is -2.48. The van der Waals surface area contributed by atoms with Gasteiger partial charge >= 0.3 is 0 Å². The summed E-state index contributed by atoms with van der Waals surface area (Å²) in [4.78, 5) is 12.1. The molecule has 3 rings (SSSR count). The third kappa shape index (κ3) is 4.70. The van der Waals surface area contributed by atoms with E-state index in [1.54, 1.807) is 37.3 Å². The van der Waals surface area contributed by atoms with Gasteiger partial charge in [-0.25, -0.2) is 8.42 Å². The van der Waals surface area contributed by atoms with Crippen molar-refractivity contribution in [3.8, 4) is 0 Å². The second kappa shape index (κ2) is 9.17. The van der Waals surface area contributed by atoms with Crippen molar-refractivity contribution in [2.24, 2.45) is 0 Å². The molecule has 8 heteroatoms. The maximum atomic E-state index is 13.3. The van der Waals surface area contributed by atoms with E-state index in [-0.39, 0.29) is 29.1 Å². The van der Waals surface area contributed by atoms with Crippen LogP contribution in [0.4, 0.5) is 0 Å². The smallest absolute Gasteiger partial charge is 0.243 e. The lowest BCUT2D eigenvalue weighted by atomic mass is 10.1. The average Bonchev–Trinajstić information content (AvgIpc) is 2.67. The van der Waals surface area contributed by atoms with Gasteiger partial charge in [0.2, 0.25) is 10.0 Å². The molecule has 0 spiro atoms. The minimum atomic E-state index is -3.74. The van der Waals surface area contributed by atoms with Crippen LogP contribution in [0, 0.1) is 0 Å². The number of nitrogens with zero attached hydrogens (tertiary/aromatic N) is 1. The first-order chi connectivity index (χ1) is 12.4. The summed E-state index contributed by atoms with van der Waals surface area (Å²) in [5, 5.41) is 3.81. The van der Waals surface area contributed by atoms with Gasteiger partial charge < -0.3 is 5.32 Å². The van der Waals surface area contributed by atoms with Crippen molar-refractivity contribution in [3.05, 3.63) is 64.7 Å². The van der Waals surface area contributed by atoms with Gasteiger partial charge in [0, 0.05) is 36.6 Å². The second-order valence-electron chi connectivity index (χ2n) is 6.20. The molecule has 2 aromatic carbocycles. The number of halogens is 2. The van der Waals surface area contributed by atoms with Gasteiger partial charge in [0.1, 0.15) is 0 Å². The molecule has 1 fully saturated rings. The number of piperazine rings is 1. The molecule has 0 saturated carbocycles. The third-order valence-electron chi connectivity index (χ3n) is 4.51. The Morgan fingerprint density at radius 1 is 1.22 bits per heavy atom. The number of Topliss-reactive ketones (excluding diaryl/α,β-unsaturated/α-hetero) is 1. The Kier molecular flexibility index (Phi) is 7.42. The van der Waals surface area contributed by atoms with Crippen LogP contribution in [-0.2, 0) is 10.0 Å². The Morgan fingerprint density at radius 2 is 1.96 bits per heavy atom. The van der Waals surface area contributed by atoms with Crippen LogP contribution in [0.1, 0.15) is 35.3 Å². The van der Waals surface area contributed by atoms with Crippen molar-refractivity contribution in [3.63, 3.8) is 0 Å². The number of benzene rings is 2. The van der Waals surface area contributed by atoms with Crippen LogP contribution < -0.4 is 5.32 Å². The summed E-state index contributed by atoms with van der Waals surface area (Å²) in [6.45, 7) is 3.19. The minimum Gasteiger partial charge on any atom is -0.313 e. The van der Waals surface area contributed by atoms with E-state index >= 15 is 0 Å². The van der Waals surface area contributed by atoms with Crippen molar-refractivity contribution in [2.45, 2.75) is 24.3 Å². The maximum Gasteiger partial charge on any atom is 0.243 e. The van der Waals surface area contributed by atoms with E-state index in [4.69, 9.17) is 11.6 Å². The van der Waals surface area contributed by atoms with Crippen LogP contribution in [0.5, 0.6) is 0 Å².